The second-order valence-corrected chi connectivity index (χ2v) is 4.13. The first-order valence-electron chi connectivity index (χ1n) is 5.47. The number of imidazole rings is 1. The summed E-state index contributed by atoms with van der Waals surface area (Å²) in [4.78, 5) is 12.0. The Labute approximate surface area is 102 Å². The van der Waals surface area contributed by atoms with Crippen molar-refractivity contribution < 1.29 is 20.1 Å². The van der Waals surface area contributed by atoms with Gasteiger partial charge in [0.1, 0.15) is 30.3 Å². The third kappa shape index (κ3) is 1.66. The van der Waals surface area contributed by atoms with E-state index in [4.69, 9.17) is 9.84 Å². The van der Waals surface area contributed by atoms with Gasteiger partial charge in [-0.05, 0) is 0 Å². The Morgan fingerprint density at radius 1 is 1.22 bits per heavy atom. The molecule has 1 saturated heterocycles. The molecule has 18 heavy (non-hydrogen) atoms. The van der Waals surface area contributed by atoms with Crippen LogP contribution in [-0.4, -0.2) is 59.8 Å². The second-order valence-electron chi connectivity index (χ2n) is 4.13. The summed E-state index contributed by atoms with van der Waals surface area (Å²) in [7, 11) is 0. The first-order chi connectivity index (χ1) is 8.70. The van der Waals surface area contributed by atoms with Crippen LogP contribution in [0.4, 0.5) is 0 Å². The van der Waals surface area contributed by atoms with Gasteiger partial charge in [0.2, 0.25) is 0 Å². The van der Waals surface area contributed by atoms with Crippen LogP contribution in [0.3, 0.4) is 0 Å². The highest BCUT2D eigenvalue weighted by Gasteiger charge is 2.43. The number of aromatic nitrogens is 4. The van der Waals surface area contributed by atoms with Crippen LogP contribution in [-0.2, 0) is 4.74 Å². The van der Waals surface area contributed by atoms with E-state index in [0.717, 1.165) is 0 Å². The molecule has 8 heteroatoms. The maximum Gasteiger partial charge on any atom is 0.182 e. The highest BCUT2D eigenvalue weighted by molar-refractivity contribution is 5.47. The van der Waals surface area contributed by atoms with Crippen LogP contribution in [0.15, 0.2) is 18.9 Å². The molecule has 0 aromatic heterocycles. The zero-order chi connectivity index (χ0) is 12.7. The maximum atomic E-state index is 9.86. The molecule has 3 heterocycles. The van der Waals surface area contributed by atoms with Crippen LogP contribution in [0.5, 0.6) is 0 Å². The van der Waals surface area contributed by atoms with Gasteiger partial charge in [-0.3, -0.25) is 0 Å². The van der Waals surface area contributed by atoms with Gasteiger partial charge in [-0.2, -0.15) is 0 Å². The Balaban J connectivity index is 1.93. The molecule has 8 nitrogen and oxygen atoms in total. The lowest BCUT2D eigenvalue weighted by atomic mass is 10.1. The van der Waals surface area contributed by atoms with Gasteiger partial charge in [0.15, 0.2) is 12.1 Å². The standard InChI is InChI=1S/C10H12N4O4/c15-2-6-7(16)8(17)10(18-6)14-1-5-9(13-4-14)12-3-11-5/h1,3-4,6-8,10,15-17H,2H2/t6-,7+,8-,10-/m1/s1. The van der Waals surface area contributed by atoms with Crippen LogP contribution in [0.25, 0.3) is 11.5 Å². The van der Waals surface area contributed by atoms with Crippen LogP contribution < -0.4 is 0 Å². The average molecular weight is 252 g/mol. The molecule has 96 valence electrons. The summed E-state index contributed by atoms with van der Waals surface area (Å²) in [6, 6.07) is 0. The molecule has 4 atom stereocenters. The lowest BCUT2D eigenvalue weighted by molar-refractivity contribution is -0.0534. The average Bonchev–Trinajstić information content (AvgIpc) is 2.95. The molecule has 3 aliphatic rings. The van der Waals surface area contributed by atoms with E-state index in [2.05, 4.69) is 15.0 Å². The van der Waals surface area contributed by atoms with Gasteiger partial charge in [-0.25, -0.2) is 15.0 Å². The number of aliphatic hydroxyl groups is 3. The van der Waals surface area contributed by atoms with Crippen molar-refractivity contribution in [3.8, 4) is 11.5 Å². The lowest BCUT2D eigenvalue weighted by Crippen LogP contribution is -2.33. The zero-order valence-corrected chi connectivity index (χ0v) is 9.29. The quantitative estimate of drug-likeness (QED) is 0.589. The Hall–Kier alpha value is -1.61. The van der Waals surface area contributed by atoms with E-state index in [1.807, 2.05) is 0 Å². The van der Waals surface area contributed by atoms with Gasteiger partial charge in [-0.1, -0.05) is 0 Å². The predicted molar refractivity (Wildman–Crippen MR) is 57.4 cm³/mol. The van der Waals surface area contributed by atoms with E-state index in [1.54, 1.807) is 6.20 Å². The number of aliphatic hydroxyl groups excluding tert-OH is 3. The Kier molecular flexibility index (Phi) is 2.71. The highest BCUT2D eigenvalue weighted by atomic mass is 16.6. The van der Waals surface area contributed by atoms with E-state index >= 15 is 0 Å². The number of hydrogen-bond acceptors (Lipinski definition) is 7. The van der Waals surface area contributed by atoms with Crippen molar-refractivity contribution in [2.45, 2.75) is 24.5 Å². The number of rotatable bonds is 2. The molecule has 1 fully saturated rings. The van der Waals surface area contributed by atoms with Crippen molar-refractivity contribution in [1.82, 2.24) is 19.5 Å². The van der Waals surface area contributed by atoms with Gasteiger partial charge < -0.3 is 24.6 Å². The van der Waals surface area contributed by atoms with Gasteiger partial charge in [-0.15, -0.1) is 0 Å². The van der Waals surface area contributed by atoms with Crippen LogP contribution in [0.2, 0.25) is 0 Å². The Morgan fingerprint density at radius 2 is 2.06 bits per heavy atom. The maximum absolute atomic E-state index is 9.86. The van der Waals surface area contributed by atoms with Crippen molar-refractivity contribution >= 4 is 0 Å². The summed E-state index contributed by atoms with van der Waals surface area (Å²) >= 11 is 0. The van der Waals surface area contributed by atoms with E-state index in [0.29, 0.717) is 11.5 Å². The molecule has 3 N–H and O–H groups in total. The monoisotopic (exact) mass is 252 g/mol. The molecule has 0 radical (unpaired) electrons. The molecular weight excluding hydrogens is 240 g/mol. The molecule has 0 aliphatic carbocycles. The number of nitrogens with zero attached hydrogens (tertiary/aromatic N) is 4. The summed E-state index contributed by atoms with van der Waals surface area (Å²) in [6.07, 6.45) is 0.583. The summed E-state index contributed by atoms with van der Waals surface area (Å²) in [5, 5.41) is 28.5. The SMILES string of the molecule is OC[C@H]1O[C@@H](n2cnc3ncnc-3c2)[C@H](O)[C@H]1O. The summed E-state index contributed by atoms with van der Waals surface area (Å²) in [6.45, 7) is -0.360. The summed E-state index contributed by atoms with van der Waals surface area (Å²) < 4.78 is 6.87. The molecule has 0 saturated carbocycles. The third-order valence-corrected chi connectivity index (χ3v) is 3.00. The van der Waals surface area contributed by atoms with Crippen LogP contribution in [0.1, 0.15) is 6.23 Å². The van der Waals surface area contributed by atoms with Crippen molar-refractivity contribution in [1.29, 1.82) is 0 Å². The van der Waals surface area contributed by atoms with E-state index in [-0.39, 0.29) is 6.61 Å². The first kappa shape index (κ1) is 11.5. The molecule has 0 unspecified atom stereocenters. The minimum absolute atomic E-state index is 0.360. The van der Waals surface area contributed by atoms with E-state index < -0.39 is 24.5 Å². The summed E-state index contributed by atoms with van der Waals surface area (Å²) in [5.74, 6) is 0.498. The molecule has 3 rings (SSSR count). The topological polar surface area (TPSA) is 114 Å². The lowest BCUT2D eigenvalue weighted by Gasteiger charge is -2.18. The molecule has 3 aliphatic heterocycles. The fourth-order valence-electron chi connectivity index (χ4n) is 2.02. The van der Waals surface area contributed by atoms with Gasteiger partial charge in [0.25, 0.3) is 0 Å². The van der Waals surface area contributed by atoms with Gasteiger partial charge >= 0.3 is 0 Å². The van der Waals surface area contributed by atoms with E-state index in [1.165, 1.54) is 17.2 Å². The first-order valence-corrected chi connectivity index (χ1v) is 5.47. The fraction of sp³-hybridized carbons (Fsp3) is 0.500. The molecule has 0 aromatic rings. The molecule has 0 amide bonds. The minimum Gasteiger partial charge on any atom is -0.394 e. The predicted octanol–water partition coefficient (Wildman–Crippen LogP) is -1.61. The van der Waals surface area contributed by atoms with Crippen LogP contribution in [0, 0.1) is 0 Å². The number of ether oxygens (including phenoxy) is 1. The Morgan fingerprint density at radius 3 is 2.78 bits per heavy atom. The van der Waals surface area contributed by atoms with E-state index in [9.17, 15) is 10.2 Å². The number of fused-ring (bicyclic) bond motifs is 1. The van der Waals surface area contributed by atoms with Crippen molar-refractivity contribution in [3.05, 3.63) is 18.9 Å². The summed E-state index contributed by atoms with van der Waals surface area (Å²) in [5.41, 5.74) is 0.565. The van der Waals surface area contributed by atoms with Gasteiger partial charge in [0.05, 0.1) is 12.9 Å². The van der Waals surface area contributed by atoms with Crippen molar-refractivity contribution in [2.75, 3.05) is 6.61 Å². The second kappa shape index (κ2) is 4.25. The zero-order valence-electron chi connectivity index (χ0n) is 9.29. The van der Waals surface area contributed by atoms with Crippen LogP contribution >= 0.6 is 0 Å². The third-order valence-electron chi connectivity index (χ3n) is 3.00. The molecule has 0 spiro atoms. The van der Waals surface area contributed by atoms with Crippen molar-refractivity contribution in [3.63, 3.8) is 0 Å². The Bertz CT molecular complexity index is 519. The fourth-order valence-corrected chi connectivity index (χ4v) is 2.02. The smallest absolute Gasteiger partial charge is 0.182 e. The largest absolute Gasteiger partial charge is 0.394 e. The molecular formula is C10H12N4O4. The highest BCUT2D eigenvalue weighted by Crippen LogP contribution is 2.29. The normalized spacial score (nSPS) is 32.2. The minimum atomic E-state index is -1.13. The van der Waals surface area contributed by atoms with Crippen molar-refractivity contribution in [2.24, 2.45) is 0 Å². The molecule has 0 bridgehead atoms. The number of hydrogen-bond donors (Lipinski definition) is 3. The molecule has 0 aromatic carbocycles. The van der Waals surface area contributed by atoms with Gasteiger partial charge in [0, 0.05) is 6.20 Å².